The first-order valence-electron chi connectivity index (χ1n) is 3.02. The maximum Gasteiger partial charge on any atom is 0.282 e. The van der Waals surface area contributed by atoms with E-state index in [2.05, 4.69) is 0 Å². The van der Waals surface area contributed by atoms with Gasteiger partial charge in [-0.2, -0.15) is 4.53 Å². The Hall–Kier alpha value is -1.06. The Kier molecular flexibility index (Phi) is 2.46. The van der Waals surface area contributed by atoms with Gasteiger partial charge in [-0.25, -0.2) is 5.84 Å². The molecule has 1 amide bonds. The number of hydrogen-bond donors (Lipinski definition) is 1. The lowest BCUT2D eigenvalue weighted by Gasteiger charge is -2.04. The Bertz CT molecular complexity index is 248. The summed E-state index contributed by atoms with van der Waals surface area (Å²) >= 11 is 5.22. The van der Waals surface area contributed by atoms with Crippen molar-refractivity contribution in [1.82, 2.24) is 4.53 Å². The van der Waals surface area contributed by atoms with Crippen LogP contribution in [0.25, 0.3) is 0 Å². The highest BCUT2D eigenvalue weighted by molar-refractivity contribution is 6.23. The van der Waals surface area contributed by atoms with Crippen molar-refractivity contribution in [2.24, 2.45) is 5.84 Å². The van der Waals surface area contributed by atoms with Crippen LogP contribution in [-0.4, -0.2) is 10.4 Å². The summed E-state index contributed by atoms with van der Waals surface area (Å²) in [4.78, 5) is 11.0. The van der Waals surface area contributed by atoms with Gasteiger partial charge in [-0.15, -0.1) is 0 Å². The van der Waals surface area contributed by atoms with Gasteiger partial charge in [-0.3, -0.25) is 4.79 Å². The summed E-state index contributed by atoms with van der Waals surface area (Å²) in [5, 5.41) is 0. The van der Waals surface area contributed by atoms with Crippen molar-refractivity contribution >= 4 is 17.7 Å². The van der Waals surface area contributed by atoms with Crippen molar-refractivity contribution in [1.29, 1.82) is 0 Å². The number of carbonyl (C=O) groups excluding carboxylic acids is 1. The second-order valence-corrected chi connectivity index (χ2v) is 2.35. The third-order valence-electron chi connectivity index (χ3n) is 1.21. The number of hydrogen-bond acceptors (Lipinski definition) is 2. The van der Waals surface area contributed by atoms with E-state index in [1.807, 2.05) is 6.07 Å². The average molecular weight is 171 g/mol. The highest BCUT2D eigenvalue weighted by atomic mass is 35.5. The molecule has 3 nitrogen and oxygen atoms in total. The molecule has 58 valence electrons. The highest BCUT2D eigenvalue weighted by Crippen LogP contribution is 2.02. The molecule has 0 saturated carbocycles. The standard InChI is InChI=1S/C7H7ClN2O/c8-10(9)7(11)6-4-2-1-3-5-6/h1-5H,9H2. The van der Waals surface area contributed by atoms with Crippen LogP contribution in [0.3, 0.4) is 0 Å². The molecule has 0 aliphatic heterocycles. The van der Waals surface area contributed by atoms with Crippen LogP contribution in [0.4, 0.5) is 0 Å². The van der Waals surface area contributed by atoms with E-state index in [1.165, 1.54) is 0 Å². The number of hydrazine groups is 1. The van der Waals surface area contributed by atoms with E-state index in [0.717, 1.165) is 0 Å². The molecule has 11 heavy (non-hydrogen) atoms. The zero-order valence-electron chi connectivity index (χ0n) is 5.70. The molecule has 0 heterocycles. The van der Waals surface area contributed by atoms with E-state index in [0.29, 0.717) is 10.1 Å². The SMILES string of the molecule is NN(Cl)C(=O)c1ccccc1. The molecule has 0 saturated heterocycles. The van der Waals surface area contributed by atoms with Crippen molar-refractivity contribution in [3.8, 4) is 0 Å². The normalized spacial score (nSPS) is 9.27. The molecule has 0 fully saturated rings. The lowest BCUT2D eigenvalue weighted by Crippen LogP contribution is -2.27. The number of nitrogens with two attached hydrogens (primary N) is 1. The summed E-state index contributed by atoms with van der Waals surface area (Å²) in [6, 6.07) is 8.59. The van der Waals surface area contributed by atoms with Gasteiger partial charge < -0.3 is 0 Å². The maximum absolute atomic E-state index is 11.0. The number of amides is 1. The molecule has 1 aromatic rings. The molecule has 0 atom stereocenters. The Morgan fingerprint density at radius 3 is 2.36 bits per heavy atom. The number of halogens is 1. The van der Waals surface area contributed by atoms with Gasteiger partial charge in [0.15, 0.2) is 0 Å². The molecule has 4 heteroatoms. The fourth-order valence-corrected chi connectivity index (χ4v) is 0.802. The van der Waals surface area contributed by atoms with Gasteiger partial charge in [0.2, 0.25) is 0 Å². The molecular weight excluding hydrogens is 164 g/mol. The van der Waals surface area contributed by atoms with Gasteiger partial charge in [0.1, 0.15) is 0 Å². The third-order valence-corrected chi connectivity index (χ3v) is 1.37. The predicted octanol–water partition coefficient (Wildman–Crippen LogP) is 1.16. The zero-order chi connectivity index (χ0) is 8.27. The van der Waals surface area contributed by atoms with Gasteiger partial charge in [0, 0.05) is 17.3 Å². The van der Waals surface area contributed by atoms with Gasteiger partial charge in [-0.1, -0.05) is 18.2 Å². The molecule has 0 unspecified atom stereocenters. The van der Waals surface area contributed by atoms with Crippen LogP contribution in [0.1, 0.15) is 10.4 Å². The summed E-state index contributed by atoms with van der Waals surface area (Å²) in [7, 11) is 0. The number of carbonyl (C=O) groups is 1. The van der Waals surface area contributed by atoms with Crippen LogP contribution in [0.5, 0.6) is 0 Å². The minimum Gasteiger partial charge on any atom is -0.266 e. The van der Waals surface area contributed by atoms with Crippen molar-refractivity contribution in [2.75, 3.05) is 0 Å². The van der Waals surface area contributed by atoms with E-state index in [-0.39, 0.29) is 0 Å². The molecule has 0 aliphatic rings. The number of rotatable bonds is 1. The van der Waals surface area contributed by atoms with Crippen LogP contribution < -0.4 is 5.84 Å². The summed E-state index contributed by atoms with van der Waals surface area (Å²) < 4.78 is 0.537. The Balaban J connectivity index is 2.86. The maximum atomic E-state index is 11.0. The Morgan fingerprint density at radius 1 is 1.36 bits per heavy atom. The summed E-state index contributed by atoms with van der Waals surface area (Å²) in [5.41, 5.74) is 0.477. The lowest BCUT2D eigenvalue weighted by molar-refractivity contribution is 0.0863. The van der Waals surface area contributed by atoms with Crippen molar-refractivity contribution in [3.05, 3.63) is 35.9 Å². The monoisotopic (exact) mass is 170 g/mol. The molecule has 0 spiro atoms. The van der Waals surface area contributed by atoms with Gasteiger partial charge >= 0.3 is 0 Å². The van der Waals surface area contributed by atoms with Crippen molar-refractivity contribution in [2.45, 2.75) is 0 Å². The Labute approximate surface area is 69.4 Å². The van der Waals surface area contributed by atoms with E-state index in [1.54, 1.807) is 24.3 Å². The van der Waals surface area contributed by atoms with Gasteiger partial charge in [-0.05, 0) is 12.1 Å². The molecule has 1 aromatic carbocycles. The summed E-state index contributed by atoms with van der Waals surface area (Å²) in [6.45, 7) is 0. The molecule has 0 aromatic heterocycles. The molecule has 0 radical (unpaired) electrons. The first-order chi connectivity index (χ1) is 5.22. The molecule has 2 N–H and O–H groups in total. The minimum atomic E-state index is -0.410. The second kappa shape index (κ2) is 3.37. The first kappa shape index (κ1) is 8.04. The highest BCUT2D eigenvalue weighted by Gasteiger charge is 2.07. The third kappa shape index (κ3) is 1.93. The van der Waals surface area contributed by atoms with E-state index < -0.39 is 5.91 Å². The summed E-state index contributed by atoms with van der Waals surface area (Å²) in [6.07, 6.45) is 0. The minimum absolute atomic E-state index is 0.410. The fourth-order valence-electron chi connectivity index (χ4n) is 0.704. The summed E-state index contributed by atoms with van der Waals surface area (Å²) in [5.74, 6) is 4.61. The molecule has 0 aliphatic carbocycles. The predicted molar refractivity (Wildman–Crippen MR) is 42.7 cm³/mol. The van der Waals surface area contributed by atoms with E-state index in [9.17, 15) is 4.79 Å². The van der Waals surface area contributed by atoms with Crippen LogP contribution in [0, 0.1) is 0 Å². The first-order valence-corrected chi connectivity index (χ1v) is 3.35. The molecular formula is C7H7ClN2O. The van der Waals surface area contributed by atoms with E-state index in [4.69, 9.17) is 17.6 Å². The number of nitrogens with zero attached hydrogens (tertiary/aromatic N) is 1. The largest absolute Gasteiger partial charge is 0.282 e. The van der Waals surface area contributed by atoms with Crippen LogP contribution in [0.15, 0.2) is 30.3 Å². The van der Waals surface area contributed by atoms with Gasteiger partial charge in [0.05, 0.1) is 0 Å². The van der Waals surface area contributed by atoms with Crippen LogP contribution in [-0.2, 0) is 0 Å². The van der Waals surface area contributed by atoms with E-state index >= 15 is 0 Å². The van der Waals surface area contributed by atoms with Crippen LogP contribution in [0.2, 0.25) is 0 Å². The number of benzene rings is 1. The molecule has 1 rings (SSSR count). The average Bonchev–Trinajstić information content (AvgIpc) is 2.05. The smallest absolute Gasteiger partial charge is 0.266 e. The second-order valence-electron chi connectivity index (χ2n) is 1.98. The molecule has 0 bridgehead atoms. The van der Waals surface area contributed by atoms with Crippen molar-refractivity contribution < 1.29 is 4.79 Å². The van der Waals surface area contributed by atoms with Crippen molar-refractivity contribution in [3.63, 3.8) is 0 Å². The quantitative estimate of drug-likeness (QED) is 0.298. The van der Waals surface area contributed by atoms with Crippen LogP contribution >= 0.6 is 11.8 Å². The fraction of sp³-hybridized carbons (Fsp3) is 0. The topological polar surface area (TPSA) is 46.3 Å². The zero-order valence-corrected chi connectivity index (χ0v) is 6.45. The van der Waals surface area contributed by atoms with Gasteiger partial charge in [0.25, 0.3) is 5.91 Å². The Morgan fingerprint density at radius 2 is 1.91 bits per heavy atom. The lowest BCUT2D eigenvalue weighted by atomic mass is 10.2.